The number of carbonyl (C=O) groups excluding carboxylic acids is 1. The molecule has 0 bridgehead atoms. The van der Waals surface area contributed by atoms with Gasteiger partial charge in [0, 0.05) is 6.61 Å². The Bertz CT molecular complexity index is 528. The number of nitrogens with one attached hydrogen (secondary N) is 1. The summed E-state index contributed by atoms with van der Waals surface area (Å²) < 4.78 is 6.48. The van der Waals surface area contributed by atoms with Crippen LogP contribution in [0.1, 0.15) is 17.8 Å². The minimum absolute atomic E-state index is 0.0215. The van der Waals surface area contributed by atoms with E-state index in [2.05, 4.69) is 10.3 Å². The molecule has 1 aliphatic heterocycles. The smallest absolute Gasteiger partial charge is 0.249 e. The molecule has 0 spiro atoms. The summed E-state index contributed by atoms with van der Waals surface area (Å²) in [5, 5.41) is 3.82. The van der Waals surface area contributed by atoms with Crippen LogP contribution < -0.4 is 5.32 Å². The lowest BCUT2D eigenvalue weighted by molar-refractivity contribution is -0.130. The number of para-hydroxylation sites is 1. The lowest BCUT2D eigenvalue weighted by Crippen LogP contribution is -2.33. The van der Waals surface area contributed by atoms with E-state index in [0.717, 1.165) is 28.1 Å². The Morgan fingerprint density at radius 1 is 1.50 bits per heavy atom. The summed E-state index contributed by atoms with van der Waals surface area (Å²) in [6, 6.07) is 7.99. The number of amides is 1. The maximum Gasteiger partial charge on any atom is 0.249 e. The van der Waals surface area contributed by atoms with Crippen molar-refractivity contribution in [2.24, 2.45) is 0 Å². The third-order valence-corrected chi connectivity index (χ3v) is 4.01. The maximum atomic E-state index is 11.8. The number of fused-ring (bicyclic) bond motifs is 1. The van der Waals surface area contributed by atoms with Crippen LogP contribution in [0.15, 0.2) is 24.3 Å². The second-order valence-corrected chi connectivity index (χ2v) is 5.41. The molecule has 0 aliphatic carbocycles. The van der Waals surface area contributed by atoms with Gasteiger partial charge in [0.05, 0.1) is 16.8 Å². The Balaban J connectivity index is 1.63. The lowest BCUT2D eigenvalue weighted by Gasteiger charge is -2.08. The minimum atomic E-state index is -0.264. The van der Waals surface area contributed by atoms with Crippen molar-refractivity contribution in [1.29, 1.82) is 0 Å². The number of ether oxygens (including phenoxy) is 1. The molecule has 1 aliphatic rings. The van der Waals surface area contributed by atoms with E-state index >= 15 is 0 Å². The zero-order valence-corrected chi connectivity index (χ0v) is 10.7. The molecule has 1 atom stereocenters. The van der Waals surface area contributed by atoms with Crippen LogP contribution >= 0.6 is 11.3 Å². The molecule has 1 unspecified atom stereocenters. The van der Waals surface area contributed by atoms with Gasteiger partial charge >= 0.3 is 0 Å². The highest BCUT2D eigenvalue weighted by Crippen LogP contribution is 2.21. The fourth-order valence-corrected chi connectivity index (χ4v) is 2.96. The van der Waals surface area contributed by atoms with Crippen LogP contribution in [0, 0.1) is 0 Å². The van der Waals surface area contributed by atoms with Gasteiger partial charge < -0.3 is 10.1 Å². The van der Waals surface area contributed by atoms with Gasteiger partial charge in [-0.25, -0.2) is 4.98 Å². The summed E-state index contributed by atoms with van der Waals surface area (Å²) in [5.74, 6) is -0.0215. The van der Waals surface area contributed by atoms with Crippen LogP contribution in [0.2, 0.25) is 0 Å². The van der Waals surface area contributed by atoms with Gasteiger partial charge in [-0.05, 0) is 25.0 Å². The number of aromatic nitrogens is 1. The van der Waals surface area contributed by atoms with Gasteiger partial charge in [0.25, 0.3) is 0 Å². The van der Waals surface area contributed by atoms with Crippen LogP contribution in [-0.2, 0) is 16.1 Å². The highest BCUT2D eigenvalue weighted by atomic mass is 32.1. The van der Waals surface area contributed by atoms with Gasteiger partial charge in [0.15, 0.2) is 0 Å². The van der Waals surface area contributed by atoms with Crippen molar-refractivity contribution in [3.63, 3.8) is 0 Å². The van der Waals surface area contributed by atoms with E-state index in [1.165, 1.54) is 0 Å². The topological polar surface area (TPSA) is 51.2 Å². The summed E-state index contributed by atoms with van der Waals surface area (Å²) in [4.78, 5) is 16.2. The first-order valence-corrected chi connectivity index (χ1v) is 6.88. The minimum Gasteiger partial charge on any atom is -0.368 e. The SMILES string of the molecule is O=C(NCc1nc2ccccc2s1)C1CCCO1. The van der Waals surface area contributed by atoms with E-state index in [1.807, 2.05) is 24.3 Å². The molecule has 1 amide bonds. The van der Waals surface area contributed by atoms with Gasteiger partial charge in [-0.2, -0.15) is 0 Å². The van der Waals surface area contributed by atoms with Crippen molar-refractivity contribution in [3.8, 4) is 0 Å². The average molecular weight is 262 g/mol. The summed E-state index contributed by atoms with van der Waals surface area (Å²) in [6.45, 7) is 1.18. The molecule has 2 heterocycles. The van der Waals surface area contributed by atoms with Crippen LogP contribution in [0.25, 0.3) is 10.2 Å². The fourth-order valence-electron chi connectivity index (χ4n) is 2.06. The first-order chi connectivity index (χ1) is 8.83. The fraction of sp³-hybridized carbons (Fsp3) is 0.385. The van der Waals surface area contributed by atoms with Crippen molar-refractivity contribution in [3.05, 3.63) is 29.3 Å². The number of benzene rings is 1. The standard InChI is InChI=1S/C13H14N2O2S/c16-13(10-5-3-7-17-10)14-8-12-15-9-4-1-2-6-11(9)18-12/h1-2,4,6,10H,3,5,7-8H2,(H,14,16). The molecule has 5 heteroatoms. The van der Waals surface area contributed by atoms with Crippen LogP contribution in [-0.4, -0.2) is 23.6 Å². The number of thiazole rings is 1. The van der Waals surface area contributed by atoms with E-state index < -0.39 is 0 Å². The highest BCUT2D eigenvalue weighted by Gasteiger charge is 2.23. The Labute approximate surface area is 109 Å². The number of rotatable bonds is 3. The van der Waals surface area contributed by atoms with Gasteiger partial charge in [-0.3, -0.25) is 4.79 Å². The normalized spacial score (nSPS) is 19.2. The molecule has 94 valence electrons. The number of hydrogen-bond acceptors (Lipinski definition) is 4. The van der Waals surface area contributed by atoms with Crippen molar-refractivity contribution >= 4 is 27.5 Å². The molecule has 1 aromatic heterocycles. The third kappa shape index (κ3) is 2.37. The molecule has 0 saturated carbocycles. The predicted octanol–water partition coefficient (Wildman–Crippen LogP) is 2.09. The molecule has 1 N–H and O–H groups in total. The average Bonchev–Trinajstić information content (AvgIpc) is 3.04. The first-order valence-electron chi connectivity index (χ1n) is 6.07. The summed E-state index contributed by atoms with van der Waals surface area (Å²) in [5.41, 5.74) is 0.990. The van der Waals surface area contributed by atoms with Gasteiger partial charge in [-0.1, -0.05) is 12.1 Å². The zero-order valence-electron chi connectivity index (χ0n) is 9.89. The first kappa shape index (κ1) is 11.6. The quantitative estimate of drug-likeness (QED) is 0.921. The van der Waals surface area contributed by atoms with E-state index in [4.69, 9.17) is 4.74 Å². The molecule has 2 aromatic rings. The molecule has 0 radical (unpaired) electrons. The molecule has 1 saturated heterocycles. The monoisotopic (exact) mass is 262 g/mol. The van der Waals surface area contributed by atoms with Gasteiger partial charge in [-0.15, -0.1) is 11.3 Å². The summed E-state index contributed by atoms with van der Waals surface area (Å²) in [6.07, 6.45) is 1.53. The largest absolute Gasteiger partial charge is 0.368 e. The van der Waals surface area contributed by atoms with Crippen molar-refractivity contribution in [2.75, 3.05) is 6.61 Å². The lowest BCUT2D eigenvalue weighted by atomic mass is 10.2. The number of hydrogen-bond donors (Lipinski definition) is 1. The molecular formula is C13H14N2O2S. The predicted molar refractivity (Wildman–Crippen MR) is 70.4 cm³/mol. The second-order valence-electron chi connectivity index (χ2n) is 4.29. The second kappa shape index (κ2) is 5.04. The molecular weight excluding hydrogens is 248 g/mol. The molecule has 18 heavy (non-hydrogen) atoms. The maximum absolute atomic E-state index is 11.8. The number of carbonyl (C=O) groups is 1. The van der Waals surface area contributed by atoms with Crippen molar-refractivity contribution < 1.29 is 9.53 Å². The van der Waals surface area contributed by atoms with Crippen LogP contribution in [0.5, 0.6) is 0 Å². The molecule has 3 rings (SSSR count). The zero-order chi connectivity index (χ0) is 12.4. The van der Waals surface area contributed by atoms with E-state index in [1.54, 1.807) is 11.3 Å². The van der Waals surface area contributed by atoms with Gasteiger partial charge in [0.2, 0.25) is 5.91 Å². The Kier molecular flexibility index (Phi) is 3.25. The van der Waals surface area contributed by atoms with Crippen LogP contribution in [0.3, 0.4) is 0 Å². The molecule has 1 aromatic carbocycles. The van der Waals surface area contributed by atoms with E-state index in [0.29, 0.717) is 13.2 Å². The third-order valence-electron chi connectivity index (χ3n) is 2.97. The Morgan fingerprint density at radius 2 is 2.39 bits per heavy atom. The molecule has 1 fully saturated rings. The van der Waals surface area contributed by atoms with Gasteiger partial charge in [0.1, 0.15) is 11.1 Å². The van der Waals surface area contributed by atoms with Crippen molar-refractivity contribution in [2.45, 2.75) is 25.5 Å². The summed E-state index contributed by atoms with van der Waals surface area (Å²) in [7, 11) is 0. The Morgan fingerprint density at radius 3 is 3.17 bits per heavy atom. The van der Waals surface area contributed by atoms with E-state index in [-0.39, 0.29) is 12.0 Å². The summed E-state index contributed by atoms with van der Waals surface area (Å²) >= 11 is 1.62. The highest BCUT2D eigenvalue weighted by molar-refractivity contribution is 7.18. The Hall–Kier alpha value is -1.46. The van der Waals surface area contributed by atoms with Crippen molar-refractivity contribution in [1.82, 2.24) is 10.3 Å². The van der Waals surface area contributed by atoms with E-state index in [9.17, 15) is 4.79 Å². The molecule has 4 nitrogen and oxygen atoms in total. The number of nitrogens with zero attached hydrogens (tertiary/aromatic N) is 1. The van der Waals surface area contributed by atoms with Crippen LogP contribution in [0.4, 0.5) is 0 Å².